The zero-order chi connectivity index (χ0) is 15.6. The molecule has 5 nitrogen and oxygen atoms in total. The molecule has 21 heavy (non-hydrogen) atoms. The average Bonchev–Trinajstić information content (AvgIpc) is 2.41. The summed E-state index contributed by atoms with van der Waals surface area (Å²) in [5.74, 6) is 0. The molecule has 0 saturated carbocycles. The van der Waals surface area contributed by atoms with Crippen LogP contribution < -0.4 is 10.3 Å². The molecule has 1 heterocycles. The minimum Gasteiger partial charge on any atom is -0.326 e. The molecule has 2 rings (SSSR count). The van der Waals surface area contributed by atoms with Crippen LogP contribution in [0.15, 0.2) is 46.2 Å². The summed E-state index contributed by atoms with van der Waals surface area (Å²) in [5, 5.41) is 0.332. The molecule has 112 valence electrons. The lowest BCUT2D eigenvalue weighted by molar-refractivity contribution is 0.566. The summed E-state index contributed by atoms with van der Waals surface area (Å²) >= 11 is 11.5. The van der Waals surface area contributed by atoms with Crippen LogP contribution in [0.1, 0.15) is 18.5 Å². The number of hydrogen-bond donors (Lipinski definition) is 2. The summed E-state index contributed by atoms with van der Waals surface area (Å²) in [6.07, 6.45) is 1.10. The topological polar surface area (TPSA) is 79.0 Å². The van der Waals surface area contributed by atoms with Crippen LogP contribution in [-0.4, -0.2) is 13.4 Å². The van der Waals surface area contributed by atoms with E-state index >= 15 is 0 Å². The van der Waals surface area contributed by atoms with Crippen molar-refractivity contribution in [2.45, 2.75) is 17.9 Å². The molecule has 2 aromatic rings. The Hall–Kier alpha value is -1.34. The van der Waals surface area contributed by atoms with Crippen molar-refractivity contribution in [3.8, 4) is 0 Å². The molecule has 2 N–H and O–H groups in total. The molecule has 1 aromatic heterocycles. The standard InChI is InChI=1S/C13H12Cl2N2O3S/c1-8(9-3-2-4-10(14)5-9)17-21(19,20)11-6-12(15)13(18)16-7-11/h2-8,17H,1H3,(H,16,18). The van der Waals surface area contributed by atoms with Gasteiger partial charge in [0.05, 0.1) is 4.90 Å². The van der Waals surface area contributed by atoms with Gasteiger partial charge in [-0.15, -0.1) is 0 Å². The molecule has 0 aliphatic heterocycles. The number of hydrogen-bond acceptors (Lipinski definition) is 3. The molecule has 0 saturated heterocycles. The number of aromatic amines is 1. The molecule has 0 aliphatic rings. The Morgan fingerprint density at radius 3 is 2.57 bits per heavy atom. The van der Waals surface area contributed by atoms with Crippen LogP contribution in [0.25, 0.3) is 0 Å². The van der Waals surface area contributed by atoms with E-state index in [4.69, 9.17) is 23.2 Å². The maximum Gasteiger partial charge on any atom is 0.266 e. The van der Waals surface area contributed by atoms with Gasteiger partial charge in [0.2, 0.25) is 10.0 Å². The number of benzene rings is 1. The molecule has 0 spiro atoms. The first kappa shape index (κ1) is 16.0. The first-order valence-electron chi connectivity index (χ1n) is 5.95. The highest BCUT2D eigenvalue weighted by molar-refractivity contribution is 7.89. The zero-order valence-electron chi connectivity index (χ0n) is 10.9. The van der Waals surface area contributed by atoms with Gasteiger partial charge in [-0.25, -0.2) is 13.1 Å². The van der Waals surface area contributed by atoms with Crippen molar-refractivity contribution in [1.29, 1.82) is 0 Å². The molecule has 8 heteroatoms. The quantitative estimate of drug-likeness (QED) is 0.893. The van der Waals surface area contributed by atoms with E-state index in [1.54, 1.807) is 31.2 Å². The molecule has 0 aliphatic carbocycles. The van der Waals surface area contributed by atoms with Crippen molar-refractivity contribution in [2.75, 3.05) is 0 Å². The molecule has 1 unspecified atom stereocenters. The fourth-order valence-electron chi connectivity index (χ4n) is 1.74. The minimum atomic E-state index is -3.81. The molecule has 1 atom stereocenters. The van der Waals surface area contributed by atoms with Gasteiger partial charge in [-0.05, 0) is 30.7 Å². The third-order valence-corrected chi connectivity index (χ3v) is 4.86. The third-order valence-electron chi connectivity index (χ3n) is 2.82. The highest BCUT2D eigenvalue weighted by atomic mass is 35.5. The Balaban J connectivity index is 2.28. The second-order valence-corrected chi connectivity index (χ2v) is 6.97. The molecule has 0 fully saturated rings. The number of aromatic nitrogens is 1. The maximum atomic E-state index is 12.2. The molecule has 0 radical (unpaired) electrons. The van der Waals surface area contributed by atoms with E-state index in [-0.39, 0.29) is 9.92 Å². The van der Waals surface area contributed by atoms with E-state index < -0.39 is 21.6 Å². The molecule has 0 amide bonds. The third kappa shape index (κ3) is 3.85. The molecular formula is C13H12Cl2N2O3S. The van der Waals surface area contributed by atoms with Crippen LogP contribution in [0.5, 0.6) is 0 Å². The van der Waals surface area contributed by atoms with Gasteiger partial charge in [0.15, 0.2) is 0 Å². The second-order valence-electron chi connectivity index (χ2n) is 4.41. The summed E-state index contributed by atoms with van der Waals surface area (Å²) in [7, 11) is -3.81. The van der Waals surface area contributed by atoms with E-state index in [0.717, 1.165) is 17.8 Å². The number of nitrogens with one attached hydrogen (secondary N) is 2. The Kier molecular flexibility index (Phi) is 4.73. The number of H-pyrrole nitrogens is 1. The van der Waals surface area contributed by atoms with Gasteiger partial charge in [-0.2, -0.15) is 0 Å². The SMILES string of the molecule is CC(NS(=O)(=O)c1c[nH]c(=O)c(Cl)c1)c1cccc(Cl)c1. The van der Waals surface area contributed by atoms with Gasteiger partial charge in [-0.3, -0.25) is 4.79 Å². The monoisotopic (exact) mass is 346 g/mol. The number of pyridine rings is 1. The van der Waals surface area contributed by atoms with E-state index in [1.165, 1.54) is 0 Å². The van der Waals surface area contributed by atoms with Gasteiger partial charge in [0, 0.05) is 17.3 Å². The lowest BCUT2D eigenvalue weighted by atomic mass is 10.1. The van der Waals surface area contributed by atoms with Crippen molar-refractivity contribution in [2.24, 2.45) is 0 Å². The van der Waals surface area contributed by atoms with Crippen LogP contribution in [0.2, 0.25) is 10.0 Å². The lowest BCUT2D eigenvalue weighted by Crippen LogP contribution is -2.27. The van der Waals surface area contributed by atoms with Crippen LogP contribution in [0.4, 0.5) is 0 Å². The highest BCUT2D eigenvalue weighted by Crippen LogP contribution is 2.20. The highest BCUT2D eigenvalue weighted by Gasteiger charge is 2.19. The fourth-order valence-corrected chi connectivity index (χ4v) is 3.40. The predicted octanol–water partition coefficient (Wildman–Crippen LogP) is 2.72. The van der Waals surface area contributed by atoms with E-state index in [1.807, 2.05) is 0 Å². The summed E-state index contributed by atoms with van der Waals surface area (Å²) in [6, 6.07) is 7.49. The van der Waals surface area contributed by atoms with E-state index in [0.29, 0.717) is 5.02 Å². The van der Waals surface area contributed by atoms with Gasteiger partial charge >= 0.3 is 0 Å². The van der Waals surface area contributed by atoms with Crippen molar-refractivity contribution < 1.29 is 8.42 Å². The largest absolute Gasteiger partial charge is 0.326 e. The molecule has 1 aromatic carbocycles. The summed E-state index contributed by atoms with van der Waals surface area (Å²) in [5.41, 5.74) is 0.181. The predicted molar refractivity (Wildman–Crippen MR) is 82.3 cm³/mol. The van der Waals surface area contributed by atoms with Gasteiger partial charge in [0.1, 0.15) is 5.02 Å². The first-order valence-corrected chi connectivity index (χ1v) is 8.19. The number of sulfonamides is 1. The first-order chi connectivity index (χ1) is 9.79. The van der Waals surface area contributed by atoms with Crippen LogP contribution in [-0.2, 0) is 10.0 Å². The Labute approximate surface area is 132 Å². The summed E-state index contributed by atoms with van der Waals surface area (Å²) in [4.78, 5) is 13.3. The summed E-state index contributed by atoms with van der Waals surface area (Å²) in [6.45, 7) is 1.69. The zero-order valence-corrected chi connectivity index (χ0v) is 13.3. The van der Waals surface area contributed by atoms with Crippen molar-refractivity contribution >= 4 is 33.2 Å². The Bertz CT molecular complexity index is 818. The van der Waals surface area contributed by atoms with Crippen LogP contribution >= 0.6 is 23.2 Å². The average molecular weight is 347 g/mol. The van der Waals surface area contributed by atoms with E-state index in [2.05, 4.69) is 9.71 Å². The van der Waals surface area contributed by atoms with Crippen molar-refractivity contribution in [1.82, 2.24) is 9.71 Å². The van der Waals surface area contributed by atoms with E-state index in [9.17, 15) is 13.2 Å². The second kappa shape index (κ2) is 6.19. The van der Waals surface area contributed by atoms with Crippen LogP contribution in [0, 0.1) is 0 Å². The number of halogens is 2. The minimum absolute atomic E-state index is 0.110. The van der Waals surface area contributed by atoms with Gasteiger partial charge < -0.3 is 4.98 Å². The van der Waals surface area contributed by atoms with Gasteiger partial charge in [-0.1, -0.05) is 35.3 Å². The molecular weight excluding hydrogens is 335 g/mol. The van der Waals surface area contributed by atoms with Crippen LogP contribution in [0.3, 0.4) is 0 Å². The Morgan fingerprint density at radius 1 is 1.24 bits per heavy atom. The normalized spacial score (nSPS) is 13.1. The fraction of sp³-hybridized carbons (Fsp3) is 0.154. The summed E-state index contributed by atoms with van der Waals surface area (Å²) < 4.78 is 27.0. The van der Waals surface area contributed by atoms with Crippen molar-refractivity contribution in [3.05, 3.63) is 62.5 Å². The molecule has 0 bridgehead atoms. The Morgan fingerprint density at radius 2 is 1.95 bits per heavy atom. The maximum absolute atomic E-state index is 12.2. The lowest BCUT2D eigenvalue weighted by Gasteiger charge is -2.15. The number of rotatable bonds is 4. The van der Waals surface area contributed by atoms with Crippen molar-refractivity contribution in [3.63, 3.8) is 0 Å². The smallest absolute Gasteiger partial charge is 0.266 e. The van der Waals surface area contributed by atoms with Gasteiger partial charge in [0.25, 0.3) is 5.56 Å².